The van der Waals surface area contributed by atoms with Crippen molar-refractivity contribution >= 4 is 46.0 Å². The van der Waals surface area contributed by atoms with Gasteiger partial charge in [0.15, 0.2) is 10.9 Å². The van der Waals surface area contributed by atoms with E-state index < -0.39 is 0 Å². The van der Waals surface area contributed by atoms with Crippen molar-refractivity contribution in [2.24, 2.45) is 0 Å². The maximum absolute atomic E-state index is 12.7. The van der Waals surface area contributed by atoms with Crippen molar-refractivity contribution < 1.29 is 9.53 Å². The lowest BCUT2D eigenvalue weighted by Gasteiger charge is -2.13. The molecule has 2 aromatic carbocycles. The van der Waals surface area contributed by atoms with Gasteiger partial charge >= 0.3 is 0 Å². The van der Waals surface area contributed by atoms with Crippen LogP contribution in [0.4, 0.5) is 5.69 Å². The van der Waals surface area contributed by atoms with E-state index in [1.165, 1.54) is 16.7 Å². The van der Waals surface area contributed by atoms with Crippen LogP contribution in [0, 0.1) is 11.3 Å². The van der Waals surface area contributed by atoms with Gasteiger partial charge in [-0.25, -0.2) is 0 Å². The number of amides is 1. The lowest BCUT2D eigenvalue weighted by molar-refractivity contribution is -0.113. The molecule has 0 atom stereocenters. The lowest BCUT2D eigenvalue weighted by atomic mass is 10.2. The molecule has 0 aromatic heterocycles. The van der Waals surface area contributed by atoms with Crippen molar-refractivity contribution in [3.05, 3.63) is 65.1 Å². The molecule has 24 heavy (non-hydrogen) atoms. The Morgan fingerprint density at radius 2 is 1.88 bits per heavy atom. The summed E-state index contributed by atoms with van der Waals surface area (Å²) in [6, 6.07) is 18.5. The molecule has 1 aliphatic rings. The van der Waals surface area contributed by atoms with Crippen molar-refractivity contribution in [2.75, 3.05) is 11.5 Å². The molecule has 2 aromatic rings. The summed E-state index contributed by atoms with van der Waals surface area (Å²) in [6.07, 6.45) is 1.74. The molecule has 1 saturated heterocycles. The molecule has 0 aliphatic carbocycles. The summed E-state index contributed by atoms with van der Waals surface area (Å²) in [4.78, 5) is 14.7. The number of rotatable bonds is 4. The van der Waals surface area contributed by atoms with E-state index in [0.717, 1.165) is 11.3 Å². The van der Waals surface area contributed by atoms with Crippen LogP contribution >= 0.6 is 24.0 Å². The van der Waals surface area contributed by atoms with Gasteiger partial charge in [0.2, 0.25) is 0 Å². The number of nitriles is 1. The standard InChI is InChI=1S/C18H12N2O2S2/c19-10-11-22-15-9-5-4-6-13(15)12-16-17(21)20(18(23)24-16)14-7-2-1-3-8-14/h1-9,12H,11H2. The van der Waals surface area contributed by atoms with Gasteiger partial charge in [-0.3, -0.25) is 9.69 Å². The molecule has 0 radical (unpaired) electrons. The van der Waals surface area contributed by atoms with E-state index >= 15 is 0 Å². The van der Waals surface area contributed by atoms with Gasteiger partial charge in [-0.05, 0) is 24.3 Å². The molecule has 6 heteroatoms. The van der Waals surface area contributed by atoms with E-state index in [9.17, 15) is 4.79 Å². The summed E-state index contributed by atoms with van der Waals surface area (Å²) in [5.74, 6) is 0.398. The molecule has 1 amide bonds. The van der Waals surface area contributed by atoms with Crippen molar-refractivity contribution in [1.82, 2.24) is 0 Å². The normalized spacial score (nSPS) is 15.6. The SMILES string of the molecule is N#CCOc1ccccc1C=C1SC(=S)N(c2ccccc2)C1=O. The van der Waals surface area contributed by atoms with Gasteiger partial charge in [-0.15, -0.1) is 0 Å². The minimum Gasteiger partial charge on any atom is -0.478 e. The van der Waals surface area contributed by atoms with Crippen LogP contribution in [0.15, 0.2) is 59.5 Å². The molecule has 0 saturated carbocycles. The number of benzene rings is 2. The third kappa shape index (κ3) is 3.32. The van der Waals surface area contributed by atoms with E-state index in [2.05, 4.69) is 0 Å². The Kier molecular flexibility index (Phi) is 4.94. The fourth-order valence-corrected chi connectivity index (χ4v) is 3.54. The third-order valence-electron chi connectivity index (χ3n) is 3.31. The number of ether oxygens (including phenoxy) is 1. The average molecular weight is 352 g/mol. The van der Waals surface area contributed by atoms with E-state index in [1.807, 2.05) is 54.6 Å². The van der Waals surface area contributed by atoms with Crippen molar-refractivity contribution in [2.45, 2.75) is 0 Å². The Hall–Kier alpha value is -2.62. The fraction of sp³-hybridized carbons (Fsp3) is 0.0556. The smallest absolute Gasteiger partial charge is 0.270 e. The summed E-state index contributed by atoms with van der Waals surface area (Å²) >= 11 is 6.60. The van der Waals surface area contributed by atoms with Crippen LogP contribution in [0.1, 0.15) is 5.56 Å². The molecule has 1 fully saturated rings. The van der Waals surface area contributed by atoms with E-state index in [-0.39, 0.29) is 12.5 Å². The van der Waals surface area contributed by atoms with Crippen LogP contribution in [-0.2, 0) is 4.79 Å². The van der Waals surface area contributed by atoms with Gasteiger partial charge in [-0.1, -0.05) is 60.4 Å². The van der Waals surface area contributed by atoms with Crippen molar-refractivity contribution in [1.29, 1.82) is 5.26 Å². The number of carbonyl (C=O) groups is 1. The molecule has 1 heterocycles. The molecule has 0 N–H and O–H groups in total. The van der Waals surface area contributed by atoms with Gasteiger partial charge in [0.1, 0.15) is 11.8 Å². The van der Waals surface area contributed by atoms with Crippen LogP contribution in [0.25, 0.3) is 6.08 Å². The highest BCUT2D eigenvalue weighted by Gasteiger charge is 2.33. The minimum absolute atomic E-state index is 0.0458. The maximum Gasteiger partial charge on any atom is 0.270 e. The first-order chi connectivity index (χ1) is 11.7. The van der Waals surface area contributed by atoms with Crippen molar-refractivity contribution in [3.8, 4) is 11.8 Å². The molecule has 0 unspecified atom stereocenters. The topological polar surface area (TPSA) is 53.3 Å². The van der Waals surface area contributed by atoms with Crippen LogP contribution in [-0.4, -0.2) is 16.8 Å². The summed E-state index contributed by atoms with van der Waals surface area (Å²) < 4.78 is 5.89. The highest BCUT2D eigenvalue weighted by atomic mass is 32.2. The number of carbonyl (C=O) groups excluding carboxylic acids is 1. The monoisotopic (exact) mass is 352 g/mol. The number of nitrogens with zero attached hydrogens (tertiary/aromatic N) is 2. The molecule has 118 valence electrons. The Morgan fingerprint density at radius 1 is 1.17 bits per heavy atom. The zero-order chi connectivity index (χ0) is 16.9. The van der Waals surface area contributed by atoms with Gasteiger partial charge in [-0.2, -0.15) is 5.26 Å². The average Bonchev–Trinajstić information content (AvgIpc) is 2.88. The molecule has 0 spiro atoms. The quantitative estimate of drug-likeness (QED) is 0.615. The van der Waals surface area contributed by atoms with E-state index in [1.54, 1.807) is 12.1 Å². The molecule has 1 aliphatic heterocycles. The number of anilines is 1. The van der Waals surface area contributed by atoms with E-state index in [0.29, 0.717) is 15.0 Å². The first-order valence-corrected chi connectivity index (χ1v) is 8.35. The van der Waals surface area contributed by atoms with Crippen LogP contribution < -0.4 is 9.64 Å². The predicted molar refractivity (Wildman–Crippen MR) is 99.6 cm³/mol. The van der Waals surface area contributed by atoms with Gasteiger partial charge < -0.3 is 4.74 Å². The number of hydrogen-bond acceptors (Lipinski definition) is 5. The second-order valence-corrected chi connectivity index (χ2v) is 6.51. The first-order valence-electron chi connectivity index (χ1n) is 7.12. The molecular formula is C18H12N2O2S2. The number of hydrogen-bond donors (Lipinski definition) is 0. The van der Waals surface area contributed by atoms with Gasteiger partial charge in [0.25, 0.3) is 5.91 Å². The number of thiocarbonyl (C=S) groups is 1. The summed E-state index contributed by atoms with van der Waals surface area (Å²) in [7, 11) is 0. The first kappa shape index (κ1) is 16.2. The van der Waals surface area contributed by atoms with E-state index in [4.69, 9.17) is 22.2 Å². The van der Waals surface area contributed by atoms with Crippen LogP contribution in [0.2, 0.25) is 0 Å². The second-order valence-electron chi connectivity index (χ2n) is 4.84. The number of thioether (sulfide) groups is 1. The van der Waals surface area contributed by atoms with Gasteiger partial charge in [0, 0.05) is 5.56 Å². The molecule has 4 nitrogen and oxygen atoms in total. The molecule has 0 bridgehead atoms. The lowest BCUT2D eigenvalue weighted by Crippen LogP contribution is -2.27. The predicted octanol–water partition coefficient (Wildman–Crippen LogP) is 3.99. The second kappa shape index (κ2) is 7.30. The van der Waals surface area contributed by atoms with Crippen LogP contribution in [0.5, 0.6) is 5.75 Å². The van der Waals surface area contributed by atoms with Crippen LogP contribution in [0.3, 0.4) is 0 Å². The zero-order valence-corrected chi connectivity index (χ0v) is 14.1. The third-order valence-corrected chi connectivity index (χ3v) is 4.61. The Labute approximate surface area is 149 Å². The maximum atomic E-state index is 12.7. The largest absolute Gasteiger partial charge is 0.478 e. The van der Waals surface area contributed by atoms with Gasteiger partial charge in [0.05, 0.1) is 10.6 Å². The minimum atomic E-state index is -0.161. The summed E-state index contributed by atoms with van der Waals surface area (Å²) in [5, 5.41) is 8.67. The Morgan fingerprint density at radius 3 is 2.62 bits per heavy atom. The Balaban J connectivity index is 1.92. The highest BCUT2D eigenvalue weighted by molar-refractivity contribution is 8.27. The zero-order valence-electron chi connectivity index (χ0n) is 12.5. The fourth-order valence-electron chi connectivity index (χ4n) is 2.25. The summed E-state index contributed by atoms with van der Waals surface area (Å²) in [5.41, 5.74) is 1.48. The highest BCUT2D eigenvalue weighted by Crippen LogP contribution is 2.36. The van der Waals surface area contributed by atoms with Crippen molar-refractivity contribution in [3.63, 3.8) is 0 Å². The number of para-hydroxylation sites is 2. The molecule has 3 rings (SSSR count). The summed E-state index contributed by atoms with van der Waals surface area (Å²) in [6.45, 7) is -0.0458. The Bertz CT molecular complexity index is 857. The molecular weight excluding hydrogens is 340 g/mol.